The minimum atomic E-state index is -0.478. The molecule has 0 N–H and O–H groups in total. The fourth-order valence-electron chi connectivity index (χ4n) is 2.00. The number of ether oxygens (including phenoxy) is 1. The molecular weight excluding hydrogens is 340 g/mol. The molecule has 0 aliphatic rings. The molecule has 0 unspecified atom stereocenters. The summed E-state index contributed by atoms with van der Waals surface area (Å²) in [5, 5.41) is 11.2. The Labute approximate surface area is 132 Å². The van der Waals surface area contributed by atoms with Gasteiger partial charge in [0.1, 0.15) is 0 Å². The highest BCUT2D eigenvalue weighted by Crippen LogP contribution is 2.31. The molecule has 0 fully saturated rings. The summed E-state index contributed by atoms with van der Waals surface area (Å²) in [4.78, 5) is 24.7. The number of hydrogen-bond acceptors (Lipinski definition) is 5. The summed E-state index contributed by atoms with van der Waals surface area (Å²) in [6, 6.07) is 2.97. The number of rotatable bonds is 7. The fourth-order valence-corrected chi connectivity index (χ4v) is 2.65. The van der Waals surface area contributed by atoms with Crippen molar-refractivity contribution >= 4 is 27.6 Å². The number of esters is 1. The highest BCUT2D eigenvalue weighted by atomic mass is 79.9. The SMILES string of the molecule is CCOC(=O)c1cc(Br)c([N+](=O)[O-])c(CN(CC)CC)c1. The van der Waals surface area contributed by atoms with Crippen LogP contribution in [-0.4, -0.2) is 35.5 Å². The van der Waals surface area contributed by atoms with Crippen molar-refractivity contribution in [3.63, 3.8) is 0 Å². The first kappa shape index (κ1) is 17.6. The molecule has 0 aliphatic heterocycles. The Bertz CT molecular complexity index is 530. The summed E-state index contributed by atoms with van der Waals surface area (Å²) in [6.07, 6.45) is 0. The van der Waals surface area contributed by atoms with Gasteiger partial charge in [0.25, 0.3) is 5.69 Å². The van der Waals surface area contributed by atoms with Crippen LogP contribution in [0.2, 0.25) is 0 Å². The smallest absolute Gasteiger partial charge is 0.338 e. The number of carbonyl (C=O) groups is 1. The van der Waals surface area contributed by atoms with Crippen molar-refractivity contribution in [2.24, 2.45) is 0 Å². The van der Waals surface area contributed by atoms with Crippen molar-refractivity contribution in [1.29, 1.82) is 0 Å². The third-order valence-electron chi connectivity index (χ3n) is 3.12. The molecule has 21 heavy (non-hydrogen) atoms. The molecule has 0 atom stereocenters. The van der Waals surface area contributed by atoms with Gasteiger partial charge in [-0.25, -0.2) is 4.79 Å². The number of nitro groups is 1. The highest BCUT2D eigenvalue weighted by Gasteiger charge is 2.23. The molecule has 0 radical (unpaired) electrons. The van der Waals surface area contributed by atoms with Crippen LogP contribution < -0.4 is 0 Å². The summed E-state index contributed by atoms with van der Waals surface area (Å²) in [6.45, 7) is 7.91. The van der Waals surface area contributed by atoms with E-state index in [9.17, 15) is 14.9 Å². The van der Waals surface area contributed by atoms with Crippen LogP contribution in [0.15, 0.2) is 16.6 Å². The summed E-state index contributed by atoms with van der Waals surface area (Å²) >= 11 is 3.18. The lowest BCUT2D eigenvalue weighted by Gasteiger charge is -2.18. The van der Waals surface area contributed by atoms with Gasteiger partial charge in [-0.3, -0.25) is 15.0 Å². The summed E-state index contributed by atoms with van der Waals surface area (Å²) in [5.74, 6) is -0.478. The Balaban J connectivity index is 3.28. The zero-order valence-electron chi connectivity index (χ0n) is 12.4. The van der Waals surface area contributed by atoms with Crippen LogP contribution in [0.3, 0.4) is 0 Å². The van der Waals surface area contributed by atoms with E-state index >= 15 is 0 Å². The first-order chi connectivity index (χ1) is 9.94. The minimum Gasteiger partial charge on any atom is -0.462 e. The van der Waals surface area contributed by atoms with Gasteiger partial charge in [0.15, 0.2) is 0 Å². The average molecular weight is 359 g/mol. The average Bonchev–Trinajstić information content (AvgIpc) is 2.43. The molecule has 1 aromatic carbocycles. The van der Waals surface area contributed by atoms with Gasteiger partial charge < -0.3 is 4.74 Å². The van der Waals surface area contributed by atoms with Gasteiger partial charge in [0.2, 0.25) is 0 Å². The second-order valence-electron chi connectivity index (χ2n) is 4.40. The first-order valence-corrected chi connectivity index (χ1v) is 7.60. The van der Waals surface area contributed by atoms with Crippen LogP contribution in [0, 0.1) is 10.1 Å². The molecule has 0 spiro atoms. The summed E-state index contributed by atoms with van der Waals surface area (Å²) in [7, 11) is 0. The molecular formula is C14H19BrN2O4. The second kappa shape index (κ2) is 8.09. The maximum absolute atomic E-state index is 11.8. The Morgan fingerprint density at radius 2 is 1.95 bits per heavy atom. The molecule has 1 aromatic rings. The number of nitro benzene ring substituents is 1. The lowest BCUT2D eigenvalue weighted by molar-refractivity contribution is -0.386. The maximum Gasteiger partial charge on any atom is 0.338 e. The zero-order valence-corrected chi connectivity index (χ0v) is 14.0. The Hall–Kier alpha value is -1.47. The van der Waals surface area contributed by atoms with E-state index in [1.165, 1.54) is 6.07 Å². The van der Waals surface area contributed by atoms with Crippen molar-refractivity contribution in [2.45, 2.75) is 27.3 Å². The number of carbonyl (C=O) groups excluding carboxylic acids is 1. The number of hydrogen-bond donors (Lipinski definition) is 0. The first-order valence-electron chi connectivity index (χ1n) is 6.80. The zero-order chi connectivity index (χ0) is 16.0. The van der Waals surface area contributed by atoms with Crippen molar-refractivity contribution in [3.8, 4) is 0 Å². The molecule has 1 rings (SSSR count). The van der Waals surface area contributed by atoms with E-state index in [2.05, 4.69) is 15.9 Å². The topological polar surface area (TPSA) is 72.7 Å². The molecule has 0 saturated heterocycles. The molecule has 7 heteroatoms. The molecule has 0 bridgehead atoms. The normalized spacial score (nSPS) is 10.7. The highest BCUT2D eigenvalue weighted by molar-refractivity contribution is 9.10. The van der Waals surface area contributed by atoms with E-state index < -0.39 is 10.9 Å². The van der Waals surface area contributed by atoms with E-state index in [1.807, 2.05) is 18.7 Å². The van der Waals surface area contributed by atoms with Gasteiger partial charge in [-0.05, 0) is 48.1 Å². The van der Waals surface area contributed by atoms with Gasteiger partial charge in [0.05, 0.1) is 21.6 Å². The Morgan fingerprint density at radius 3 is 2.43 bits per heavy atom. The van der Waals surface area contributed by atoms with Gasteiger partial charge in [-0.2, -0.15) is 0 Å². The number of nitrogens with zero attached hydrogens (tertiary/aromatic N) is 2. The van der Waals surface area contributed by atoms with Crippen LogP contribution in [0.1, 0.15) is 36.7 Å². The fraction of sp³-hybridized carbons (Fsp3) is 0.500. The molecule has 0 aromatic heterocycles. The third kappa shape index (κ3) is 4.50. The Kier molecular flexibility index (Phi) is 6.77. The number of halogens is 1. The predicted octanol–water partition coefficient (Wildman–Crippen LogP) is 3.38. The van der Waals surface area contributed by atoms with Crippen molar-refractivity contribution in [2.75, 3.05) is 19.7 Å². The van der Waals surface area contributed by atoms with E-state index in [4.69, 9.17) is 4.74 Å². The van der Waals surface area contributed by atoms with Crippen LogP contribution in [0.5, 0.6) is 0 Å². The Morgan fingerprint density at radius 1 is 1.33 bits per heavy atom. The van der Waals surface area contributed by atoms with Crippen molar-refractivity contribution in [1.82, 2.24) is 4.90 Å². The lowest BCUT2D eigenvalue weighted by Crippen LogP contribution is -2.23. The van der Waals surface area contributed by atoms with Gasteiger partial charge in [-0.15, -0.1) is 0 Å². The van der Waals surface area contributed by atoms with E-state index in [0.29, 0.717) is 22.1 Å². The number of benzene rings is 1. The van der Waals surface area contributed by atoms with Crippen LogP contribution in [-0.2, 0) is 11.3 Å². The van der Waals surface area contributed by atoms with E-state index in [0.717, 1.165) is 13.1 Å². The lowest BCUT2D eigenvalue weighted by atomic mass is 10.1. The second-order valence-corrected chi connectivity index (χ2v) is 5.26. The van der Waals surface area contributed by atoms with Crippen LogP contribution >= 0.6 is 15.9 Å². The van der Waals surface area contributed by atoms with Crippen molar-refractivity contribution < 1.29 is 14.5 Å². The quantitative estimate of drug-likeness (QED) is 0.424. The largest absolute Gasteiger partial charge is 0.462 e. The maximum atomic E-state index is 11.8. The van der Waals surface area contributed by atoms with Crippen LogP contribution in [0.4, 0.5) is 5.69 Å². The van der Waals surface area contributed by atoms with Crippen molar-refractivity contribution in [3.05, 3.63) is 37.8 Å². The minimum absolute atomic E-state index is 0.00468. The van der Waals surface area contributed by atoms with Crippen LogP contribution in [0.25, 0.3) is 0 Å². The molecule has 6 nitrogen and oxygen atoms in total. The van der Waals surface area contributed by atoms with E-state index in [1.54, 1.807) is 13.0 Å². The summed E-state index contributed by atoms with van der Waals surface area (Å²) in [5.41, 5.74) is 0.813. The molecule has 0 saturated carbocycles. The monoisotopic (exact) mass is 358 g/mol. The van der Waals surface area contributed by atoms with Gasteiger partial charge in [-0.1, -0.05) is 13.8 Å². The van der Waals surface area contributed by atoms with Gasteiger partial charge >= 0.3 is 5.97 Å². The summed E-state index contributed by atoms with van der Waals surface area (Å²) < 4.78 is 5.24. The molecule has 0 aliphatic carbocycles. The van der Waals surface area contributed by atoms with Gasteiger partial charge in [0, 0.05) is 12.1 Å². The predicted molar refractivity (Wildman–Crippen MR) is 83.4 cm³/mol. The molecule has 116 valence electrons. The van der Waals surface area contributed by atoms with E-state index in [-0.39, 0.29) is 12.3 Å². The molecule has 0 amide bonds. The molecule has 0 heterocycles. The standard InChI is InChI=1S/C14H19BrN2O4/c1-4-16(5-2)9-11-7-10(14(18)21-6-3)8-12(15)13(11)17(19)20/h7-8H,4-6,9H2,1-3H3. The third-order valence-corrected chi connectivity index (χ3v) is 3.73.